The first-order valence-electron chi connectivity index (χ1n) is 4.97. The van der Waals surface area contributed by atoms with Crippen LogP contribution in [0.25, 0.3) is 0 Å². The van der Waals surface area contributed by atoms with Crippen LogP contribution in [-0.2, 0) is 9.53 Å². The van der Waals surface area contributed by atoms with Gasteiger partial charge in [-0.05, 0) is 0 Å². The molecule has 1 aromatic rings. The number of aromatic amines is 1. The fraction of sp³-hybridized carbons (Fsp3) is 0.556. The van der Waals surface area contributed by atoms with Crippen LogP contribution in [0.2, 0.25) is 0 Å². The molecule has 1 amide bonds. The Bertz CT molecular complexity index is 417. The van der Waals surface area contributed by atoms with Crippen molar-refractivity contribution in [3.63, 3.8) is 0 Å². The molecule has 0 aliphatic rings. The number of hydrogen-bond acceptors (Lipinski definition) is 6. The fourth-order valence-electron chi connectivity index (χ4n) is 1.32. The van der Waals surface area contributed by atoms with E-state index in [0.717, 1.165) is 0 Å². The Hall–Kier alpha value is -2.12. The van der Waals surface area contributed by atoms with E-state index in [0.29, 0.717) is 0 Å². The first-order valence-corrected chi connectivity index (χ1v) is 4.97. The average molecular weight is 241 g/mol. The van der Waals surface area contributed by atoms with Crippen molar-refractivity contribution in [1.29, 1.82) is 0 Å². The number of ether oxygens (including phenoxy) is 1. The lowest BCUT2D eigenvalue weighted by molar-refractivity contribution is -0.145. The van der Waals surface area contributed by atoms with E-state index in [1.807, 2.05) is 0 Å². The molecule has 1 heterocycles. The highest BCUT2D eigenvalue weighted by Gasteiger charge is 2.21. The van der Waals surface area contributed by atoms with Gasteiger partial charge in [-0.2, -0.15) is 4.98 Å². The second kappa shape index (κ2) is 5.28. The maximum Gasteiger partial charge on any atom is 0.310 e. The molecule has 1 rings (SSSR count). The highest BCUT2D eigenvalue weighted by Crippen LogP contribution is 2.04. The Morgan fingerprint density at radius 3 is 2.71 bits per heavy atom. The average Bonchev–Trinajstić information content (AvgIpc) is 2.73. The monoisotopic (exact) mass is 241 g/mol. The number of carbonyl (C=O) groups excluding carboxylic acids is 2. The van der Waals surface area contributed by atoms with Crippen LogP contribution in [0.4, 0.5) is 5.95 Å². The van der Waals surface area contributed by atoms with Gasteiger partial charge in [-0.25, -0.2) is 0 Å². The number of H-pyrrole nitrogens is 1. The largest absolute Gasteiger partial charge is 0.469 e. The minimum absolute atomic E-state index is 0.00256. The topological polar surface area (TPSA) is 114 Å². The highest BCUT2D eigenvalue weighted by atomic mass is 16.5. The van der Waals surface area contributed by atoms with Crippen LogP contribution in [0.1, 0.15) is 17.5 Å². The lowest BCUT2D eigenvalue weighted by atomic mass is 10.2. The first-order chi connectivity index (χ1) is 7.95. The van der Waals surface area contributed by atoms with E-state index < -0.39 is 5.92 Å². The van der Waals surface area contributed by atoms with Gasteiger partial charge in [0, 0.05) is 13.6 Å². The Kier molecular flexibility index (Phi) is 4.02. The van der Waals surface area contributed by atoms with Crippen molar-refractivity contribution in [1.82, 2.24) is 20.1 Å². The van der Waals surface area contributed by atoms with Gasteiger partial charge in [-0.3, -0.25) is 14.7 Å². The molecule has 0 saturated carbocycles. The minimum atomic E-state index is -0.408. The van der Waals surface area contributed by atoms with E-state index in [1.54, 1.807) is 14.0 Å². The molecule has 94 valence electrons. The minimum Gasteiger partial charge on any atom is -0.469 e. The number of aromatic nitrogens is 3. The van der Waals surface area contributed by atoms with Gasteiger partial charge in [0.15, 0.2) is 0 Å². The Morgan fingerprint density at radius 2 is 2.24 bits per heavy atom. The van der Waals surface area contributed by atoms with Crippen LogP contribution in [0.5, 0.6) is 0 Å². The SMILES string of the molecule is COC(=O)C(C)CN(C)C(=O)c1nc(N)n[nH]1. The zero-order valence-electron chi connectivity index (χ0n) is 9.93. The quantitative estimate of drug-likeness (QED) is 0.671. The molecular formula is C9H15N5O3. The van der Waals surface area contributed by atoms with E-state index >= 15 is 0 Å². The molecule has 8 nitrogen and oxygen atoms in total. The zero-order valence-corrected chi connectivity index (χ0v) is 9.93. The van der Waals surface area contributed by atoms with Crippen molar-refractivity contribution in [2.45, 2.75) is 6.92 Å². The summed E-state index contributed by atoms with van der Waals surface area (Å²) in [5.41, 5.74) is 5.29. The molecule has 0 fully saturated rings. The van der Waals surface area contributed by atoms with Crippen LogP contribution in [0.15, 0.2) is 0 Å². The summed E-state index contributed by atoms with van der Waals surface area (Å²) < 4.78 is 4.57. The van der Waals surface area contributed by atoms with Crippen molar-refractivity contribution in [3.8, 4) is 0 Å². The smallest absolute Gasteiger partial charge is 0.310 e. The number of anilines is 1. The van der Waals surface area contributed by atoms with E-state index in [2.05, 4.69) is 19.9 Å². The summed E-state index contributed by atoms with van der Waals surface area (Å²) in [5, 5.41) is 5.96. The summed E-state index contributed by atoms with van der Waals surface area (Å²) in [6.07, 6.45) is 0. The van der Waals surface area contributed by atoms with E-state index in [4.69, 9.17) is 5.73 Å². The first kappa shape index (κ1) is 12.9. The highest BCUT2D eigenvalue weighted by molar-refractivity contribution is 5.90. The van der Waals surface area contributed by atoms with Gasteiger partial charge in [0.2, 0.25) is 11.8 Å². The number of nitrogens with two attached hydrogens (primary N) is 1. The van der Waals surface area contributed by atoms with Gasteiger partial charge in [-0.1, -0.05) is 6.92 Å². The summed E-state index contributed by atoms with van der Waals surface area (Å²) in [7, 11) is 2.86. The van der Waals surface area contributed by atoms with Gasteiger partial charge < -0.3 is 15.4 Å². The molecule has 1 atom stereocenters. The van der Waals surface area contributed by atoms with Crippen LogP contribution >= 0.6 is 0 Å². The summed E-state index contributed by atoms with van der Waals surface area (Å²) in [4.78, 5) is 28.0. The Morgan fingerprint density at radius 1 is 1.59 bits per heavy atom. The standard InChI is InChI=1S/C9H15N5O3/c1-5(8(16)17-3)4-14(2)7(15)6-11-9(10)13-12-6/h5H,4H2,1-3H3,(H3,10,11,12,13). The van der Waals surface area contributed by atoms with Gasteiger partial charge in [-0.15, -0.1) is 5.10 Å². The van der Waals surface area contributed by atoms with Crippen LogP contribution in [0.3, 0.4) is 0 Å². The fourth-order valence-corrected chi connectivity index (χ4v) is 1.32. The molecule has 0 spiro atoms. The lowest BCUT2D eigenvalue weighted by Crippen LogP contribution is -2.34. The molecule has 0 bridgehead atoms. The van der Waals surface area contributed by atoms with Crippen LogP contribution in [-0.4, -0.2) is 52.7 Å². The summed E-state index contributed by atoms with van der Waals surface area (Å²) in [6, 6.07) is 0. The third-order valence-corrected chi connectivity index (χ3v) is 2.20. The van der Waals surface area contributed by atoms with Crippen LogP contribution in [0, 0.1) is 5.92 Å². The van der Waals surface area contributed by atoms with Crippen molar-refractivity contribution >= 4 is 17.8 Å². The summed E-state index contributed by atoms with van der Waals surface area (Å²) >= 11 is 0. The number of hydrogen-bond donors (Lipinski definition) is 2. The molecule has 0 aromatic carbocycles. The van der Waals surface area contributed by atoms with Gasteiger partial charge >= 0.3 is 5.97 Å². The molecule has 0 aliphatic heterocycles. The predicted molar refractivity (Wildman–Crippen MR) is 58.9 cm³/mol. The molecule has 0 aliphatic carbocycles. The molecule has 3 N–H and O–H groups in total. The molecule has 1 unspecified atom stereocenters. The van der Waals surface area contributed by atoms with Gasteiger partial charge in [0.1, 0.15) is 0 Å². The lowest BCUT2D eigenvalue weighted by Gasteiger charge is -2.18. The van der Waals surface area contributed by atoms with E-state index in [-0.39, 0.29) is 30.2 Å². The second-order valence-electron chi connectivity index (χ2n) is 3.65. The summed E-state index contributed by atoms with van der Waals surface area (Å²) in [5.74, 6) is -1.12. The number of amides is 1. The third kappa shape index (κ3) is 3.16. The van der Waals surface area contributed by atoms with Gasteiger partial charge in [0.05, 0.1) is 13.0 Å². The van der Waals surface area contributed by atoms with E-state index in [1.165, 1.54) is 12.0 Å². The predicted octanol–water partition coefficient (Wildman–Crippen LogP) is -0.732. The van der Waals surface area contributed by atoms with Crippen molar-refractivity contribution in [2.75, 3.05) is 26.4 Å². The Labute approximate surface area is 98.1 Å². The number of nitrogens with one attached hydrogen (secondary N) is 1. The van der Waals surface area contributed by atoms with Crippen molar-refractivity contribution < 1.29 is 14.3 Å². The van der Waals surface area contributed by atoms with Crippen molar-refractivity contribution in [2.24, 2.45) is 5.92 Å². The number of esters is 1. The molecule has 17 heavy (non-hydrogen) atoms. The van der Waals surface area contributed by atoms with Crippen LogP contribution < -0.4 is 5.73 Å². The molecule has 8 heteroatoms. The van der Waals surface area contributed by atoms with Crippen molar-refractivity contribution in [3.05, 3.63) is 5.82 Å². The number of nitrogens with zero attached hydrogens (tertiary/aromatic N) is 3. The number of rotatable bonds is 4. The van der Waals surface area contributed by atoms with Gasteiger partial charge in [0.25, 0.3) is 5.91 Å². The summed E-state index contributed by atoms with van der Waals surface area (Å²) in [6.45, 7) is 1.90. The third-order valence-electron chi connectivity index (χ3n) is 2.20. The maximum absolute atomic E-state index is 11.8. The molecule has 1 aromatic heterocycles. The van der Waals surface area contributed by atoms with E-state index in [9.17, 15) is 9.59 Å². The normalized spacial score (nSPS) is 11.9. The number of methoxy groups -OCH3 is 1. The molecular weight excluding hydrogens is 226 g/mol. The number of carbonyl (C=O) groups is 2. The molecule has 0 saturated heterocycles. The second-order valence-corrected chi connectivity index (χ2v) is 3.65. The number of nitrogen functional groups attached to an aromatic ring is 1. The zero-order chi connectivity index (χ0) is 13.0. The molecule has 0 radical (unpaired) electrons. The maximum atomic E-state index is 11.8. The Balaban J connectivity index is 2.62.